The molecule has 1 fully saturated rings. The fraction of sp³-hybridized carbons (Fsp3) is 0.438. The van der Waals surface area contributed by atoms with Gasteiger partial charge in [-0.2, -0.15) is 0 Å². The van der Waals surface area contributed by atoms with Gasteiger partial charge in [0, 0.05) is 37.7 Å². The van der Waals surface area contributed by atoms with E-state index in [0.717, 1.165) is 24.6 Å². The number of carbonyl (C=O) groups excluding carboxylic acids is 1. The normalized spacial score (nSPS) is 18.9. The molecule has 2 amide bonds. The molecule has 7 heteroatoms. The zero-order chi connectivity index (χ0) is 16.2. The van der Waals surface area contributed by atoms with Gasteiger partial charge >= 0.3 is 6.03 Å². The van der Waals surface area contributed by atoms with E-state index in [0.29, 0.717) is 18.9 Å². The molecule has 0 spiro atoms. The topological polar surface area (TPSA) is 77.2 Å². The SMILES string of the molecule is CCN1CCN(C(=O)Nc2cccc(C)n2)CC1c1ncc[nH]1. The third kappa shape index (κ3) is 3.50. The van der Waals surface area contributed by atoms with E-state index < -0.39 is 0 Å². The number of imidazole rings is 1. The Kier molecular flexibility index (Phi) is 4.57. The van der Waals surface area contributed by atoms with Crippen LogP contribution in [0.2, 0.25) is 0 Å². The Labute approximate surface area is 135 Å². The molecule has 3 rings (SSSR count). The molecule has 122 valence electrons. The standard InChI is InChI=1S/C16H22N6O/c1-3-21-9-10-22(11-13(21)15-17-7-8-18-15)16(23)20-14-6-4-5-12(2)19-14/h4-8,13H,3,9-11H2,1-2H3,(H,17,18)(H,19,20,23). The van der Waals surface area contributed by atoms with Crippen molar-refractivity contribution in [2.45, 2.75) is 19.9 Å². The average Bonchev–Trinajstić information content (AvgIpc) is 3.08. The van der Waals surface area contributed by atoms with E-state index in [-0.39, 0.29) is 12.1 Å². The van der Waals surface area contributed by atoms with Crippen molar-refractivity contribution in [3.63, 3.8) is 0 Å². The van der Waals surface area contributed by atoms with Gasteiger partial charge in [-0.3, -0.25) is 10.2 Å². The number of nitrogens with zero attached hydrogens (tertiary/aromatic N) is 4. The highest BCUT2D eigenvalue weighted by molar-refractivity contribution is 5.88. The summed E-state index contributed by atoms with van der Waals surface area (Å²) in [5.74, 6) is 1.49. The molecule has 0 bridgehead atoms. The first kappa shape index (κ1) is 15.5. The van der Waals surface area contributed by atoms with Crippen molar-refractivity contribution < 1.29 is 4.79 Å². The van der Waals surface area contributed by atoms with Crippen molar-refractivity contribution in [1.29, 1.82) is 0 Å². The van der Waals surface area contributed by atoms with E-state index in [1.807, 2.05) is 30.2 Å². The van der Waals surface area contributed by atoms with Crippen LogP contribution in [0.3, 0.4) is 0 Å². The third-order valence-electron chi connectivity index (χ3n) is 4.14. The average molecular weight is 314 g/mol. The quantitative estimate of drug-likeness (QED) is 0.908. The number of aromatic nitrogens is 3. The summed E-state index contributed by atoms with van der Waals surface area (Å²) in [6.07, 6.45) is 3.57. The molecule has 1 unspecified atom stereocenters. The van der Waals surface area contributed by atoms with Crippen molar-refractivity contribution in [3.8, 4) is 0 Å². The van der Waals surface area contributed by atoms with E-state index in [1.165, 1.54) is 0 Å². The van der Waals surface area contributed by atoms with Crippen molar-refractivity contribution >= 4 is 11.8 Å². The Balaban J connectivity index is 1.69. The highest BCUT2D eigenvalue weighted by Gasteiger charge is 2.31. The number of nitrogens with one attached hydrogen (secondary N) is 2. The first-order chi connectivity index (χ1) is 11.2. The van der Waals surface area contributed by atoms with Crippen molar-refractivity contribution in [1.82, 2.24) is 24.8 Å². The molecule has 3 heterocycles. The lowest BCUT2D eigenvalue weighted by Gasteiger charge is -2.39. The number of carbonyl (C=O) groups is 1. The number of amides is 2. The molecule has 7 nitrogen and oxygen atoms in total. The fourth-order valence-electron chi connectivity index (χ4n) is 2.90. The molecule has 23 heavy (non-hydrogen) atoms. The number of likely N-dealkylation sites (N-methyl/N-ethyl adjacent to an activating group) is 1. The van der Waals surface area contributed by atoms with Crippen LogP contribution in [-0.2, 0) is 0 Å². The van der Waals surface area contributed by atoms with Crippen LogP contribution in [0.5, 0.6) is 0 Å². The zero-order valence-electron chi connectivity index (χ0n) is 13.5. The lowest BCUT2D eigenvalue weighted by molar-refractivity contribution is 0.0946. The smallest absolute Gasteiger partial charge is 0.323 e. The Morgan fingerprint density at radius 2 is 2.30 bits per heavy atom. The van der Waals surface area contributed by atoms with Gasteiger partial charge in [-0.15, -0.1) is 0 Å². The van der Waals surface area contributed by atoms with Crippen molar-refractivity contribution in [3.05, 3.63) is 42.1 Å². The molecule has 1 saturated heterocycles. The number of pyridine rings is 1. The summed E-state index contributed by atoms with van der Waals surface area (Å²) < 4.78 is 0. The molecule has 2 aromatic rings. The van der Waals surface area contributed by atoms with E-state index in [1.54, 1.807) is 12.3 Å². The van der Waals surface area contributed by atoms with Gasteiger partial charge in [0.2, 0.25) is 0 Å². The van der Waals surface area contributed by atoms with Crippen LogP contribution < -0.4 is 5.32 Å². The summed E-state index contributed by atoms with van der Waals surface area (Å²) in [6.45, 7) is 7.10. The predicted octanol–water partition coefficient (Wildman–Crippen LogP) is 2.02. The largest absolute Gasteiger partial charge is 0.347 e. The van der Waals surface area contributed by atoms with Gasteiger partial charge in [-0.1, -0.05) is 13.0 Å². The first-order valence-corrected chi connectivity index (χ1v) is 7.90. The van der Waals surface area contributed by atoms with Gasteiger partial charge in [0.15, 0.2) is 0 Å². The molecule has 2 aromatic heterocycles. The second kappa shape index (κ2) is 6.78. The van der Waals surface area contributed by atoms with Crippen molar-refractivity contribution in [2.24, 2.45) is 0 Å². The summed E-state index contributed by atoms with van der Waals surface area (Å²) in [5, 5.41) is 2.88. The van der Waals surface area contributed by atoms with Crippen LogP contribution in [0.1, 0.15) is 24.5 Å². The van der Waals surface area contributed by atoms with Gasteiger partial charge in [0.1, 0.15) is 11.6 Å². The maximum Gasteiger partial charge on any atom is 0.323 e. The molecule has 1 aliphatic heterocycles. The third-order valence-corrected chi connectivity index (χ3v) is 4.14. The van der Waals surface area contributed by atoms with Gasteiger partial charge in [0.25, 0.3) is 0 Å². The molecule has 1 aliphatic rings. The molecule has 0 saturated carbocycles. The Hall–Kier alpha value is -2.41. The summed E-state index contributed by atoms with van der Waals surface area (Å²) >= 11 is 0. The Morgan fingerprint density at radius 3 is 3.00 bits per heavy atom. The minimum Gasteiger partial charge on any atom is -0.347 e. The van der Waals surface area contributed by atoms with E-state index in [4.69, 9.17) is 0 Å². The number of H-pyrrole nitrogens is 1. The molecule has 0 radical (unpaired) electrons. The van der Waals surface area contributed by atoms with Gasteiger partial charge in [-0.05, 0) is 25.6 Å². The minimum absolute atomic E-state index is 0.0972. The van der Waals surface area contributed by atoms with Crippen LogP contribution >= 0.6 is 0 Å². The molecular formula is C16H22N6O. The Morgan fingerprint density at radius 1 is 1.43 bits per heavy atom. The van der Waals surface area contributed by atoms with Crippen LogP contribution in [-0.4, -0.2) is 57.0 Å². The zero-order valence-corrected chi connectivity index (χ0v) is 13.5. The van der Waals surface area contributed by atoms with Crippen LogP contribution in [0.15, 0.2) is 30.6 Å². The number of hydrogen-bond donors (Lipinski definition) is 2. The van der Waals surface area contributed by atoms with Crippen LogP contribution in [0.25, 0.3) is 0 Å². The number of aromatic amines is 1. The maximum atomic E-state index is 12.5. The summed E-state index contributed by atoms with van der Waals surface area (Å²) in [7, 11) is 0. The van der Waals surface area contributed by atoms with Gasteiger partial charge in [-0.25, -0.2) is 14.8 Å². The fourth-order valence-corrected chi connectivity index (χ4v) is 2.90. The van der Waals surface area contributed by atoms with Crippen LogP contribution in [0, 0.1) is 6.92 Å². The van der Waals surface area contributed by atoms with Gasteiger partial charge < -0.3 is 9.88 Å². The number of rotatable bonds is 3. The molecule has 2 N–H and O–H groups in total. The number of anilines is 1. The first-order valence-electron chi connectivity index (χ1n) is 7.90. The highest BCUT2D eigenvalue weighted by atomic mass is 16.2. The summed E-state index contributed by atoms with van der Waals surface area (Å²) in [4.78, 5) is 28.5. The number of hydrogen-bond acceptors (Lipinski definition) is 4. The van der Waals surface area contributed by atoms with E-state index in [9.17, 15) is 4.79 Å². The highest BCUT2D eigenvalue weighted by Crippen LogP contribution is 2.22. The molecule has 1 atom stereocenters. The second-order valence-electron chi connectivity index (χ2n) is 5.66. The molecular weight excluding hydrogens is 292 g/mol. The van der Waals surface area contributed by atoms with Gasteiger partial charge in [0.05, 0.1) is 6.04 Å². The summed E-state index contributed by atoms with van der Waals surface area (Å²) in [6, 6.07) is 5.58. The number of urea groups is 1. The van der Waals surface area contributed by atoms with Crippen LogP contribution in [0.4, 0.5) is 10.6 Å². The Bertz CT molecular complexity index is 656. The predicted molar refractivity (Wildman–Crippen MR) is 88.1 cm³/mol. The molecule has 0 aromatic carbocycles. The maximum absolute atomic E-state index is 12.5. The van der Waals surface area contributed by atoms with E-state index >= 15 is 0 Å². The minimum atomic E-state index is -0.115. The lowest BCUT2D eigenvalue weighted by Crippen LogP contribution is -2.51. The number of aryl methyl sites for hydroxylation is 1. The second-order valence-corrected chi connectivity index (χ2v) is 5.66. The van der Waals surface area contributed by atoms with E-state index in [2.05, 4.69) is 32.1 Å². The van der Waals surface area contributed by atoms with Crippen molar-refractivity contribution in [2.75, 3.05) is 31.5 Å². The number of piperazine rings is 1. The lowest BCUT2D eigenvalue weighted by atomic mass is 10.1. The monoisotopic (exact) mass is 314 g/mol. The molecule has 0 aliphatic carbocycles. The summed E-state index contributed by atoms with van der Waals surface area (Å²) in [5.41, 5.74) is 0.882.